The number of carbonyl (C=O) groups is 1. The van der Waals surface area contributed by atoms with Crippen molar-refractivity contribution in [2.75, 3.05) is 5.73 Å². The van der Waals surface area contributed by atoms with Crippen molar-refractivity contribution < 1.29 is 14.3 Å². The molecule has 1 atom stereocenters. The predicted octanol–water partition coefficient (Wildman–Crippen LogP) is 4.64. The summed E-state index contributed by atoms with van der Waals surface area (Å²) in [6.45, 7) is 7.14. The van der Waals surface area contributed by atoms with E-state index in [-0.39, 0.29) is 0 Å². The molecule has 1 unspecified atom stereocenters. The Labute approximate surface area is 174 Å². The zero-order valence-electron chi connectivity index (χ0n) is 16.9. The number of fused-ring (bicyclic) bond motifs is 1. The summed E-state index contributed by atoms with van der Waals surface area (Å²) in [6, 6.07) is 11.4. The van der Waals surface area contributed by atoms with E-state index in [0.717, 1.165) is 22.0 Å². The number of amides is 1. The molecule has 0 saturated carbocycles. The van der Waals surface area contributed by atoms with E-state index in [9.17, 15) is 4.79 Å². The molecule has 0 aliphatic heterocycles. The largest absolute Gasteiger partial charge is 0.471 e. The minimum atomic E-state index is -0.603. The van der Waals surface area contributed by atoms with Gasteiger partial charge in [0.05, 0.1) is 5.52 Å². The van der Waals surface area contributed by atoms with Gasteiger partial charge >= 0.3 is 6.09 Å². The van der Waals surface area contributed by atoms with Crippen LogP contribution in [0.3, 0.4) is 0 Å². The van der Waals surface area contributed by atoms with Gasteiger partial charge < -0.3 is 15.2 Å². The second-order valence-corrected chi connectivity index (χ2v) is 8.26. The Morgan fingerprint density at radius 1 is 1.28 bits per heavy atom. The van der Waals surface area contributed by atoms with Crippen molar-refractivity contribution in [1.82, 2.24) is 15.5 Å². The van der Waals surface area contributed by atoms with Crippen LogP contribution in [0.5, 0.6) is 5.75 Å². The van der Waals surface area contributed by atoms with Gasteiger partial charge in [-0.15, -0.1) is 0 Å². The SMILES string of the molecule is CC(NC(=O)OC(C)(C)C)Oc1cc(Cl)ccc1Cc1ccc2[nH]nc(N)c2c1. The molecule has 7 nitrogen and oxygen atoms in total. The number of hydrogen-bond acceptors (Lipinski definition) is 5. The average Bonchev–Trinajstić information content (AvgIpc) is 2.96. The van der Waals surface area contributed by atoms with Gasteiger partial charge in [0.1, 0.15) is 11.4 Å². The first kappa shape index (κ1) is 20.8. The van der Waals surface area contributed by atoms with Crippen LogP contribution < -0.4 is 15.8 Å². The molecule has 0 aliphatic carbocycles. The number of carbonyl (C=O) groups excluding carboxylic acids is 1. The van der Waals surface area contributed by atoms with Crippen molar-refractivity contribution in [1.29, 1.82) is 0 Å². The van der Waals surface area contributed by atoms with Crippen LogP contribution in [0, 0.1) is 0 Å². The molecule has 1 aromatic heterocycles. The maximum absolute atomic E-state index is 12.0. The number of halogens is 1. The third-order valence-electron chi connectivity index (χ3n) is 4.10. The number of benzene rings is 2. The van der Waals surface area contributed by atoms with Crippen molar-refractivity contribution in [2.45, 2.75) is 45.9 Å². The number of ether oxygens (including phenoxy) is 2. The number of aromatic amines is 1. The lowest BCUT2D eigenvalue weighted by molar-refractivity contribution is 0.0413. The van der Waals surface area contributed by atoms with E-state index in [1.807, 2.05) is 24.3 Å². The Kier molecular flexibility index (Phi) is 5.88. The van der Waals surface area contributed by atoms with Gasteiger partial charge in [-0.05, 0) is 63.1 Å². The van der Waals surface area contributed by atoms with Crippen LogP contribution >= 0.6 is 11.6 Å². The fourth-order valence-electron chi connectivity index (χ4n) is 2.89. The van der Waals surface area contributed by atoms with Gasteiger partial charge in [-0.2, -0.15) is 5.10 Å². The van der Waals surface area contributed by atoms with Crippen LogP contribution in [0.1, 0.15) is 38.8 Å². The predicted molar refractivity (Wildman–Crippen MR) is 114 cm³/mol. The lowest BCUT2D eigenvalue weighted by Crippen LogP contribution is -2.40. The molecule has 4 N–H and O–H groups in total. The molecule has 0 radical (unpaired) electrons. The van der Waals surface area contributed by atoms with E-state index in [4.69, 9.17) is 26.8 Å². The number of nitrogens with one attached hydrogen (secondary N) is 2. The molecule has 29 heavy (non-hydrogen) atoms. The first-order valence-electron chi connectivity index (χ1n) is 9.28. The normalized spacial score (nSPS) is 12.6. The number of anilines is 1. The summed E-state index contributed by atoms with van der Waals surface area (Å²) in [5.74, 6) is 1.05. The second kappa shape index (κ2) is 8.21. The fourth-order valence-corrected chi connectivity index (χ4v) is 3.05. The molecule has 0 fully saturated rings. The lowest BCUT2D eigenvalue weighted by atomic mass is 10.0. The highest BCUT2D eigenvalue weighted by molar-refractivity contribution is 6.30. The Hall–Kier alpha value is -2.93. The Morgan fingerprint density at radius 2 is 2.03 bits per heavy atom. The molecular formula is C21H25ClN4O3. The summed E-state index contributed by atoms with van der Waals surface area (Å²) >= 11 is 6.16. The topological polar surface area (TPSA) is 102 Å². The Morgan fingerprint density at radius 3 is 2.76 bits per heavy atom. The first-order valence-corrected chi connectivity index (χ1v) is 9.65. The van der Waals surface area contributed by atoms with Gasteiger partial charge in [0.25, 0.3) is 0 Å². The van der Waals surface area contributed by atoms with Crippen LogP contribution in [-0.2, 0) is 11.2 Å². The fraction of sp³-hybridized carbons (Fsp3) is 0.333. The lowest BCUT2D eigenvalue weighted by Gasteiger charge is -2.23. The number of rotatable bonds is 5. The number of nitrogens with zero attached hydrogens (tertiary/aromatic N) is 1. The van der Waals surface area contributed by atoms with Crippen LogP contribution in [0.4, 0.5) is 10.6 Å². The summed E-state index contributed by atoms with van der Waals surface area (Å²) in [7, 11) is 0. The summed E-state index contributed by atoms with van der Waals surface area (Å²) in [5.41, 5.74) is 8.18. The van der Waals surface area contributed by atoms with Crippen molar-refractivity contribution in [2.24, 2.45) is 0 Å². The van der Waals surface area contributed by atoms with Gasteiger partial charge in [0.2, 0.25) is 0 Å². The Bertz CT molecular complexity index is 1030. The molecule has 3 rings (SSSR count). The molecule has 154 valence electrons. The van der Waals surface area contributed by atoms with E-state index in [1.54, 1.807) is 39.8 Å². The maximum Gasteiger partial charge on any atom is 0.410 e. The summed E-state index contributed by atoms with van der Waals surface area (Å²) in [4.78, 5) is 12.0. The van der Waals surface area contributed by atoms with Crippen LogP contribution in [0.15, 0.2) is 36.4 Å². The molecule has 2 aromatic carbocycles. The number of aromatic nitrogens is 2. The minimum absolute atomic E-state index is 0.463. The highest BCUT2D eigenvalue weighted by Gasteiger charge is 2.19. The quantitative estimate of drug-likeness (QED) is 0.526. The molecule has 0 bridgehead atoms. The van der Waals surface area contributed by atoms with E-state index in [1.165, 1.54) is 0 Å². The zero-order chi connectivity index (χ0) is 21.2. The smallest absolute Gasteiger partial charge is 0.410 e. The second-order valence-electron chi connectivity index (χ2n) is 7.82. The number of nitrogen functional groups attached to an aromatic ring is 1. The van der Waals surface area contributed by atoms with Crippen molar-refractivity contribution >= 4 is 34.4 Å². The third-order valence-corrected chi connectivity index (χ3v) is 4.34. The standard InChI is InChI=1S/C21H25ClN4O3/c1-12(24-20(27)29-21(2,3)4)28-18-11-15(22)7-6-14(18)9-13-5-8-17-16(10-13)19(23)26-25-17/h5-8,10-12H,9H2,1-4H3,(H,24,27)(H3,23,25,26). The number of nitrogens with two attached hydrogens (primary N) is 1. The number of hydrogen-bond donors (Lipinski definition) is 3. The van der Waals surface area contributed by atoms with Crippen molar-refractivity contribution in [3.8, 4) is 5.75 Å². The average molecular weight is 417 g/mol. The molecule has 3 aromatic rings. The monoisotopic (exact) mass is 416 g/mol. The summed E-state index contributed by atoms with van der Waals surface area (Å²) in [5, 5.41) is 11.0. The van der Waals surface area contributed by atoms with Gasteiger partial charge in [0.15, 0.2) is 12.0 Å². The van der Waals surface area contributed by atoms with E-state index in [0.29, 0.717) is 23.0 Å². The van der Waals surface area contributed by atoms with E-state index >= 15 is 0 Å². The molecule has 0 saturated heterocycles. The molecule has 0 spiro atoms. The minimum Gasteiger partial charge on any atom is -0.471 e. The van der Waals surface area contributed by atoms with Crippen LogP contribution in [0.25, 0.3) is 10.9 Å². The van der Waals surface area contributed by atoms with E-state index in [2.05, 4.69) is 15.5 Å². The van der Waals surface area contributed by atoms with Crippen LogP contribution in [0.2, 0.25) is 5.02 Å². The molecular weight excluding hydrogens is 392 g/mol. The van der Waals surface area contributed by atoms with Gasteiger partial charge in [-0.3, -0.25) is 10.4 Å². The molecule has 0 aliphatic rings. The van der Waals surface area contributed by atoms with Crippen molar-refractivity contribution in [3.05, 3.63) is 52.5 Å². The highest BCUT2D eigenvalue weighted by atomic mass is 35.5. The van der Waals surface area contributed by atoms with Crippen LogP contribution in [-0.4, -0.2) is 28.1 Å². The molecule has 1 amide bonds. The molecule has 1 heterocycles. The molecule has 8 heteroatoms. The zero-order valence-corrected chi connectivity index (χ0v) is 17.6. The number of H-pyrrole nitrogens is 1. The van der Waals surface area contributed by atoms with Gasteiger partial charge in [0, 0.05) is 16.8 Å². The van der Waals surface area contributed by atoms with Gasteiger partial charge in [-0.25, -0.2) is 4.79 Å². The van der Waals surface area contributed by atoms with Crippen molar-refractivity contribution in [3.63, 3.8) is 0 Å². The Balaban J connectivity index is 1.76. The highest BCUT2D eigenvalue weighted by Crippen LogP contribution is 2.28. The van der Waals surface area contributed by atoms with E-state index < -0.39 is 17.9 Å². The summed E-state index contributed by atoms with van der Waals surface area (Å²) < 4.78 is 11.2. The summed E-state index contributed by atoms with van der Waals surface area (Å²) in [6.07, 6.45) is -0.546. The van der Waals surface area contributed by atoms with Gasteiger partial charge in [-0.1, -0.05) is 23.7 Å². The maximum atomic E-state index is 12.0. The first-order chi connectivity index (χ1) is 13.6. The number of alkyl carbamates (subject to hydrolysis) is 1. The third kappa shape index (κ3) is 5.54.